The van der Waals surface area contributed by atoms with Crippen molar-refractivity contribution < 1.29 is 14.6 Å². The maximum atomic E-state index is 11.8. The van der Waals surface area contributed by atoms with Gasteiger partial charge in [0, 0.05) is 13.2 Å². The maximum Gasteiger partial charge on any atom is 0.257 e. The first kappa shape index (κ1) is 17.5. The number of carbonyl (C=O) groups is 1. The van der Waals surface area contributed by atoms with Crippen LogP contribution in [0.3, 0.4) is 0 Å². The predicted molar refractivity (Wildman–Crippen MR) is 84.4 cm³/mol. The third kappa shape index (κ3) is 7.14. The molecule has 1 amide bonds. The Morgan fingerprint density at radius 2 is 1.95 bits per heavy atom. The molecule has 0 saturated heterocycles. The molecule has 0 heterocycles. The number of hydrogen-bond donors (Lipinski definition) is 2. The first-order chi connectivity index (χ1) is 9.96. The summed E-state index contributed by atoms with van der Waals surface area (Å²) in [5, 5.41) is 11.7. The van der Waals surface area contributed by atoms with E-state index in [0.29, 0.717) is 12.3 Å². The zero-order valence-electron chi connectivity index (χ0n) is 13.3. The van der Waals surface area contributed by atoms with E-state index in [0.717, 1.165) is 19.3 Å². The van der Waals surface area contributed by atoms with Crippen LogP contribution in [0, 0.1) is 5.41 Å². The smallest absolute Gasteiger partial charge is 0.257 e. The Labute approximate surface area is 127 Å². The van der Waals surface area contributed by atoms with E-state index >= 15 is 0 Å². The van der Waals surface area contributed by atoms with E-state index < -0.39 is 0 Å². The summed E-state index contributed by atoms with van der Waals surface area (Å²) in [5.41, 5.74) is 1.23. The lowest BCUT2D eigenvalue weighted by Crippen LogP contribution is -2.36. The lowest BCUT2D eigenvalue weighted by atomic mass is 9.88. The number of amides is 1. The molecule has 2 N–H and O–H groups in total. The van der Waals surface area contributed by atoms with Crippen molar-refractivity contribution in [1.82, 2.24) is 5.32 Å². The minimum atomic E-state index is -0.119. The van der Waals surface area contributed by atoms with Crippen LogP contribution in [0.5, 0.6) is 5.75 Å². The molecule has 0 bridgehead atoms. The summed E-state index contributed by atoms with van der Waals surface area (Å²) in [4.78, 5) is 11.8. The van der Waals surface area contributed by atoms with Crippen LogP contribution in [0.2, 0.25) is 0 Å². The fraction of sp³-hybridized carbons (Fsp3) is 0.588. The Morgan fingerprint density at radius 1 is 1.29 bits per heavy atom. The van der Waals surface area contributed by atoms with Gasteiger partial charge in [-0.05, 0) is 42.4 Å². The van der Waals surface area contributed by atoms with Gasteiger partial charge in [-0.15, -0.1) is 0 Å². The average Bonchev–Trinajstić information content (AvgIpc) is 2.49. The molecule has 0 aliphatic rings. The van der Waals surface area contributed by atoms with E-state index in [4.69, 9.17) is 9.84 Å². The zero-order chi connectivity index (χ0) is 15.7. The highest BCUT2D eigenvalue weighted by molar-refractivity contribution is 5.77. The van der Waals surface area contributed by atoms with Crippen molar-refractivity contribution >= 4 is 5.91 Å². The highest BCUT2D eigenvalue weighted by Crippen LogP contribution is 2.20. The Morgan fingerprint density at radius 3 is 2.52 bits per heavy atom. The minimum Gasteiger partial charge on any atom is -0.484 e. The molecule has 0 spiro atoms. The molecular weight excluding hydrogens is 266 g/mol. The molecule has 0 fully saturated rings. The lowest BCUT2D eigenvalue weighted by molar-refractivity contribution is -0.123. The largest absolute Gasteiger partial charge is 0.484 e. The standard InChI is InChI=1S/C17H27NO3/c1-4-14-6-8-15(9-7-14)21-12-16(20)18-13-17(2,3)10-5-11-19/h6-9,19H,4-5,10-13H2,1-3H3,(H,18,20). The highest BCUT2D eigenvalue weighted by Gasteiger charge is 2.18. The van der Waals surface area contributed by atoms with E-state index in [1.807, 2.05) is 24.3 Å². The van der Waals surface area contributed by atoms with Crippen molar-refractivity contribution in [3.63, 3.8) is 0 Å². The number of benzene rings is 1. The van der Waals surface area contributed by atoms with Crippen molar-refractivity contribution in [2.75, 3.05) is 19.8 Å². The summed E-state index contributed by atoms with van der Waals surface area (Å²) in [6.45, 7) is 7.06. The topological polar surface area (TPSA) is 58.6 Å². The van der Waals surface area contributed by atoms with Crippen molar-refractivity contribution in [2.45, 2.75) is 40.0 Å². The molecule has 0 saturated carbocycles. The second-order valence-corrected chi connectivity index (χ2v) is 6.05. The van der Waals surface area contributed by atoms with Crippen molar-refractivity contribution in [3.8, 4) is 5.75 Å². The molecule has 0 unspecified atom stereocenters. The molecule has 1 aromatic rings. The van der Waals surface area contributed by atoms with E-state index in [1.165, 1.54) is 5.56 Å². The third-order valence-corrected chi connectivity index (χ3v) is 3.48. The lowest BCUT2D eigenvalue weighted by Gasteiger charge is -2.24. The molecule has 0 radical (unpaired) electrons. The fourth-order valence-electron chi connectivity index (χ4n) is 2.01. The number of ether oxygens (including phenoxy) is 1. The number of aliphatic hydroxyl groups is 1. The van der Waals surface area contributed by atoms with Crippen molar-refractivity contribution in [1.29, 1.82) is 0 Å². The van der Waals surface area contributed by atoms with Gasteiger partial charge in [-0.1, -0.05) is 32.9 Å². The van der Waals surface area contributed by atoms with Crippen LogP contribution in [0.1, 0.15) is 39.2 Å². The molecule has 0 aromatic heterocycles. The van der Waals surface area contributed by atoms with E-state index in [9.17, 15) is 4.79 Å². The van der Waals surface area contributed by atoms with Crippen LogP contribution in [0.4, 0.5) is 0 Å². The average molecular weight is 293 g/mol. The van der Waals surface area contributed by atoms with Gasteiger partial charge in [0.25, 0.3) is 5.91 Å². The molecule has 118 valence electrons. The van der Waals surface area contributed by atoms with Gasteiger partial charge in [-0.2, -0.15) is 0 Å². The van der Waals surface area contributed by atoms with Gasteiger partial charge >= 0.3 is 0 Å². The van der Waals surface area contributed by atoms with Gasteiger partial charge in [-0.3, -0.25) is 4.79 Å². The number of carbonyl (C=O) groups excluding carboxylic acids is 1. The van der Waals surface area contributed by atoms with Crippen LogP contribution < -0.4 is 10.1 Å². The highest BCUT2D eigenvalue weighted by atomic mass is 16.5. The van der Waals surface area contributed by atoms with Crippen molar-refractivity contribution in [2.24, 2.45) is 5.41 Å². The predicted octanol–water partition coefficient (Wildman–Crippen LogP) is 2.54. The van der Waals surface area contributed by atoms with Gasteiger partial charge in [0.15, 0.2) is 6.61 Å². The molecule has 4 heteroatoms. The summed E-state index contributed by atoms with van der Waals surface area (Å²) in [7, 11) is 0. The maximum absolute atomic E-state index is 11.8. The summed E-state index contributed by atoms with van der Waals surface area (Å²) < 4.78 is 5.46. The van der Waals surface area contributed by atoms with Gasteiger partial charge in [0.2, 0.25) is 0 Å². The van der Waals surface area contributed by atoms with Crippen LogP contribution >= 0.6 is 0 Å². The van der Waals surface area contributed by atoms with Crippen LogP contribution in [-0.2, 0) is 11.2 Å². The summed E-state index contributed by atoms with van der Waals surface area (Å²) >= 11 is 0. The summed E-state index contributed by atoms with van der Waals surface area (Å²) in [6.07, 6.45) is 2.62. The quantitative estimate of drug-likeness (QED) is 0.735. The molecule has 0 atom stereocenters. The minimum absolute atomic E-state index is 0.0127. The van der Waals surface area contributed by atoms with Gasteiger partial charge in [0.1, 0.15) is 5.75 Å². The van der Waals surface area contributed by atoms with Gasteiger partial charge in [-0.25, -0.2) is 0 Å². The van der Waals surface area contributed by atoms with E-state index in [2.05, 4.69) is 26.1 Å². The second kappa shape index (κ2) is 8.67. The monoisotopic (exact) mass is 293 g/mol. The number of aryl methyl sites for hydroxylation is 1. The number of rotatable bonds is 9. The Hall–Kier alpha value is -1.55. The first-order valence-electron chi connectivity index (χ1n) is 7.56. The SMILES string of the molecule is CCc1ccc(OCC(=O)NCC(C)(C)CCCO)cc1. The molecular formula is C17H27NO3. The normalized spacial score (nSPS) is 11.2. The zero-order valence-corrected chi connectivity index (χ0v) is 13.3. The summed E-state index contributed by atoms with van der Waals surface area (Å²) in [6, 6.07) is 7.78. The van der Waals surface area contributed by atoms with Crippen molar-refractivity contribution in [3.05, 3.63) is 29.8 Å². The fourth-order valence-corrected chi connectivity index (χ4v) is 2.01. The molecule has 1 rings (SSSR count). The van der Waals surface area contributed by atoms with Crippen LogP contribution in [0.15, 0.2) is 24.3 Å². The molecule has 0 aliphatic heterocycles. The second-order valence-electron chi connectivity index (χ2n) is 6.05. The molecule has 21 heavy (non-hydrogen) atoms. The summed E-state index contributed by atoms with van der Waals surface area (Å²) in [5.74, 6) is 0.591. The molecule has 0 aliphatic carbocycles. The van der Waals surface area contributed by atoms with E-state index in [-0.39, 0.29) is 24.5 Å². The van der Waals surface area contributed by atoms with Crippen LogP contribution in [0.25, 0.3) is 0 Å². The van der Waals surface area contributed by atoms with Crippen LogP contribution in [-0.4, -0.2) is 30.8 Å². The third-order valence-electron chi connectivity index (χ3n) is 3.48. The first-order valence-corrected chi connectivity index (χ1v) is 7.56. The molecule has 4 nitrogen and oxygen atoms in total. The Kier molecular flexibility index (Phi) is 7.23. The Bertz CT molecular complexity index is 426. The number of hydrogen-bond acceptors (Lipinski definition) is 3. The van der Waals surface area contributed by atoms with E-state index in [1.54, 1.807) is 0 Å². The number of aliphatic hydroxyl groups excluding tert-OH is 1. The molecule has 1 aromatic carbocycles. The van der Waals surface area contributed by atoms with Gasteiger partial charge in [0.05, 0.1) is 0 Å². The van der Waals surface area contributed by atoms with Gasteiger partial charge < -0.3 is 15.2 Å². The Balaban J connectivity index is 2.30. The number of nitrogens with one attached hydrogen (secondary N) is 1.